The second kappa shape index (κ2) is 8.84. The molecule has 0 unspecified atom stereocenters. The van der Waals surface area contributed by atoms with Crippen LogP contribution in [0.2, 0.25) is 0 Å². The third-order valence-electron chi connectivity index (χ3n) is 5.20. The van der Waals surface area contributed by atoms with Crippen LogP contribution in [0.15, 0.2) is 47.5 Å². The Balaban J connectivity index is 1.27. The van der Waals surface area contributed by atoms with Crippen LogP contribution in [-0.4, -0.2) is 60.2 Å². The largest absolute Gasteiger partial charge is 0.354 e. The first-order valence-electron chi connectivity index (χ1n) is 9.80. The lowest BCUT2D eigenvalue weighted by molar-refractivity contribution is -0.124. The molecular formula is C21H25N5O2S. The summed E-state index contributed by atoms with van der Waals surface area (Å²) in [5.41, 5.74) is 1.76. The molecule has 1 atom stereocenters. The number of fused-ring (bicyclic) bond motifs is 1. The lowest BCUT2D eigenvalue weighted by Gasteiger charge is -2.33. The van der Waals surface area contributed by atoms with E-state index in [2.05, 4.69) is 32.5 Å². The molecule has 2 aliphatic rings. The average molecular weight is 412 g/mol. The molecule has 8 heteroatoms. The quantitative estimate of drug-likeness (QED) is 0.783. The van der Waals surface area contributed by atoms with Crippen molar-refractivity contribution < 1.29 is 9.59 Å². The van der Waals surface area contributed by atoms with E-state index in [1.54, 1.807) is 0 Å². The molecule has 1 aromatic carbocycles. The molecule has 0 spiro atoms. The van der Waals surface area contributed by atoms with E-state index in [-0.39, 0.29) is 18.2 Å². The number of para-hydroxylation sites is 1. The Hall–Kier alpha value is -2.58. The van der Waals surface area contributed by atoms with Gasteiger partial charge in [0, 0.05) is 50.2 Å². The summed E-state index contributed by atoms with van der Waals surface area (Å²) in [5.74, 6) is 0.712. The molecule has 1 saturated heterocycles. The van der Waals surface area contributed by atoms with Gasteiger partial charge < -0.3 is 20.4 Å². The number of likely N-dealkylation sites (N-methyl/N-ethyl adjacent to an activating group) is 1. The molecule has 1 fully saturated rings. The minimum atomic E-state index is -0.414. The van der Waals surface area contributed by atoms with Gasteiger partial charge in [0.2, 0.25) is 11.8 Å². The van der Waals surface area contributed by atoms with Gasteiger partial charge in [-0.05, 0) is 30.8 Å². The number of thioether (sulfide) groups is 1. The summed E-state index contributed by atoms with van der Waals surface area (Å²) in [6.07, 6.45) is 1.96. The van der Waals surface area contributed by atoms with Crippen molar-refractivity contribution in [3.63, 3.8) is 0 Å². The third-order valence-corrected chi connectivity index (χ3v) is 6.48. The minimum absolute atomic E-state index is 0.123. The van der Waals surface area contributed by atoms with Crippen LogP contribution in [0, 0.1) is 0 Å². The monoisotopic (exact) mass is 411 g/mol. The Labute approximate surface area is 174 Å². The highest BCUT2D eigenvalue weighted by Crippen LogP contribution is 2.36. The van der Waals surface area contributed by atoms with Gasteiger partial charge in [-0.15, -0.1) is 11.8 Å². The predicted octanol–water partition coefficient (Wildman–Crippen LogP) is 1.95. The van der Waals surface area contributed by atoms with Gasteiger partial charge in [0.25, 0.3) is 0 Å². The van der Waals surface area contributed by atoms with Gasteiger partial charge in [-0.25, -0.2) is 4.98 Å². The molecule has 0 bridgehead atoms. The topological polar surface area (TPSA) is 77.6 Å². The highest BCUT2D eigenvalue weighted by atomic mass is 32.2. The maximum Gasteiger partial charge on any atom is 0.238 e. The number of pyridine rings is 1. The van der Waals surface area contributed by atoms with Crippen molar-refractivity contribution >= 4 is 35.1 Å². The van der Waals surface area contributed by atoms with Crippen molar-refractivity contribution in [1.82, 2.24) is 15.2 Å². The summed E-state index contributed by atoms with van der Waals surface area (Å²) in [6.45, 7) is 4.44. The molecule has 3 heterocycles. The highest BCUT2D eigenvalue weighted by Gasteiger charge is 2.28. The van der Waals surface area contributed by atoms with Crippen molar-refractivity contribution in [3.05, 3.63) is 48.2 Å². The van der Waals surface area contributed by atoms with Crippen molar-refractivity contribution in [2.45, 2.75) is 23.1 Å². The number of hydrogen-bond donors (Lipinski definition) is 2. The first-order valence-corrected chi connectivity index (χ1v) is 10.7. The van der Waals surface area contributed by atoms with E-state index in [0.29, 0.717) is 6.54 Å². The van der Waals surface area contributed by atoms with Gasteiger partial charge in [-0.2, -0.15) is 0 Å². The summed E-state index contributed by atoms with van der Waals surface area (Å²) in [7, 11) is 2.13. The van der Waals surface area contributed by atoms with Crippen LogP contribution in [-0.2, 0) is 16.1 Å². The fourth-order valence-corrected chi connectivity index (χ4v) is 4.52. The molecule has 29 heavy (non-hydrogen) atoms. The maximum atomic E-state index is 12.3. The van der Waals surface area contributed by atoms with Gasteiger partial charge in [0.05, 0.1) is 10.9 Å². The van der Waals surface area contributed by atoms with Crippen LogP contribution in [0.4, 0.5) is 11.5 Å². The maximum absolute atomic E-state index is 12.3. The van der Waals surface area contributed by atoms with Gasteiger partial charge in [0.1, 0.15) is 5.82 Å². The average Bonchev–Trinajstić information content (AvgIpc) is 2.74. The minimum Gasteiger partial charge on any atom is -0.354 e. The number of carbonyl (C=O) groups excluding carboxylic acids is 2. The zero-order valence-corrected chi connectivity index (χ0v) is 17.2. The van der Waals surface area contributed by atoms with Crippen LogP contribution in [0.5, 0.6) is 0 Å². The molecule has 0 radical (unpaired) electrons. The van der Waals surface area contributed by atoms with Crippen LogP contribution >= 0.6 is 11.8 Å². The second-order valence-electron chi connectivity index (χ2n) is 7.39. The van der Waals surface area contributed by atoms with Gasteiger partial charge in [-0.3, -0.25) is 9.59 Å². The molecule has 2 amide bonds. The van der Waals surface area contributed by atoms with Crippen molar-refractivity contribution in [1.29, 1.82) is 0 Å². The van der Waals surface area contributed by atoms with E-state index < -0.39 is 5.25 Å². The Kier molecular flexibility index (Phi) is 6.01. The fraction of sp³-hybridized carbons (Fsp3) is 0.381. The van der Waals surface area contributed by atoms with E-state index in [0.717, 1.165) is 48.1 Å². The van der Waals surface area contributed by atoms with E-state index in [1.807, 2.05) is 42.6 Å². The number of benzene rings is 1. The molecule has 0 aliphatic carbocycles. The highest BCUT2D eigenvalue weighted by molar-refractivity contribution is 8.01. The smallest absolute Gasteiger partial charge is 0.238 e. The summed E-state index contributed by atoms with van der Waals surface area (Å²) < 4.78 is 0. The molecule has 0 saturated carbocycles. The van der Waals surface area contributed by atoms with Crippen LogP contribution in [0.3, 0.4) is 0 Å². The van der Waals surface area contributed by atoms with E-state index >= 15 is 0 Å². The van der Waals surface area contributed by atoms with Crippen molar-refractivity contribution in [2.75, 3.05) is 43.4 Å². The standard InChI is InChI=1S/C21H25N5O2S/c1-25-8-10-26(11-9-25)19-7-6-15(13-22-19)14-23-20(27)12-18-21(28)24-16-4-2-3-5-17(16)29-18/h2-7,13,18H,8-12,14H2,1H3,(H,23,27)(H,24,28)/t18-/m1/s1. The zero-order valence-electron chi connectivity index (χ0n) is 16.4. The van der Waals surface area contributed by atoms with Gasteiger partial charge in [-0.1, -0.05) is 18.2 Å². The number of nitrogens with one attached hydrogen (secondary N) is 2. The van der Waals surface area contributed by atoms with Crippen molar-refractivity contribution in [2.24, 2.45) is 0 Å². The summed E-state index contributed by atoms with van der Waals surface area (Å²) in [6, 6.07) is 11.6. The number of hydrogen-bond acceptors (Lipinski definition) is 6. The SMILES string of the molecule is CN1CCN(c2ccc(CNC(=O)C[C@H]3Sc4ccccc4NC3=O)cn2)CC1. The zero-order chi connectivity index (χ0) is 20.2. The van der Waals surface area contributed by atoms with Gasteiger partial charge >= 0.3 is 0 Å². The summed E-state index contributed by atoms with van der Waals surface area (Å²) in [4.78, 5) is 34.7. The molecule has 2 N–H and O–H groups in total. The first-order chi connectivity index (χ1) is 14.1. The normalized spacial score (nSPS) is 19.4. The summed E-state index contributed by atoms with van der Waals surface area (Å²) in [5, 5.41) is 5.36. The third kappa shape index (κ3) is 4.89. The Bertz CT molecular complexity index is 881. The number of nitrogens with zero attached hydrogens (tertiary/aromatic N) is 3. The molecule has 2 aromatic rings. The van der Waals surface area contributed by atoms with Gasteiger partial charge in [0.15, 0.2) is 0 Å². The predicted molar refractivity (Wildman–Crippen MR) is 115 cm³/mol. The molecule has 7 nitrogen and oxygen atoms in total. The number of amides is 2. The molecule has 4 rings (SSSR count). The molecule has 2 aliphatic heterocycles. The number of carbonyl (C=O) groups is 2. The summed E-state index contributed by atoms with van der Waals surface area (Å²) >= 11 is 1.44. The second-order valence-corrected chi connectivity index (χ2v) is 8.63. The van der Waals surface area contributed by atoms with Crippen molar-refractivity contribution in [3.8, 4) is 0 Å². The number of aromatic nitrogens is 1. The lowest BCUT2D eigenvalue weighted by Crippen LogP contribution is -2.44. The molecule has 1 aromatic heterocycles. The van der Waals surface area contributed by atoms with Crippen LogP contribution < -0.4 is 15.5 Å². The Morgan fingerprint density at radius 2 is 2.00 bits per heavy atom. The first kappa shape index (κ1) is 19.7. The fourth-order valence-electron chi connectivity index (χ4n) is 3.41. The Morgan fingerprint density at radius 3 is 2.76 bits per heavy atom. The van der Waals surface area contributed by atoms with Crippen LogP contribution in [0.1, 0.15) is 12.0 Å². The van der Waals surface area contributed by atoms with Crippen LogP contribution in [0.25, 0.3) is 0 Å². The van der Waals surface area contributed by atoms with E-state index in [9.17, 15) is 9.59 Å². The lowest BCUT2D eigenvalue weighted by atomic mass is 10.2. The Morgan fingerprint density at radius 1 is 1.21 bits per heavy atom. The number of anilines is 2. The number of rotatable bonds is 5. The van der Waals surface area contributed by atoms with E-state index in [1.165, 1.54) is 11.8 Å². The molecule has 152 valence electrons. The number of piperazine rings is 1. The van der Waals surface area contributed by atoms with E-state index in [4.69, 9.17) is 0 Å². The molecular weight excluding hydrogens is 386 g/mol.